The Morgan fingerprint density at radius 1 is 0.583 bits per heavy atom. The number of benzene rings is 4. The van der Waals surface area contributed by atoms with Gasteiger partial charge in [0.15, 0.2) is 17.5 Å². The second-order valence-electron chi connectivity index (χ2n) is 8.39. The lowest BCUT2D eigenvalue weighted by Gasteiger charge is -2.09. The zero-order valence-electron chi connectivity index (χ0n) is 19.1. The summed E-state index contributed by atoms with van der Waals surface area (Å²) in [5.41, 5.74) is 0.268. The van der Waals surface area contributed by atoms with Crippen molar-refractivity contribution in [3.05, 3.63) is 117 Å². The molecular formula is C29H19F7. The van der Waals surface area contributed by atoms with E-state index in [0.717, 1.165) is 24.6 Å². The van der Waals surface area contributed by atoms with Crippen LogP contribution in [0.3, 0.4) is 0 Å². The SMILES string of the molecule is CCCc1cc(F)c(CCc2cc(F)c(C#Cc3ccc4c(F)c(F)c(F)cc4c3)c(F)c2)c(F)c1. The molecule has 0 radical (unpaired) electrons. The summed E-state index contributed by atoms with van der Waals surface area (Å²) in [4.78, 5) is 0. The van der Waals surface area contributed by atoms with Crippen LogP contribution in [0.15, 0.2) is 48.5 Å². The van der Waals surface area contributed by atoms with Crippen LogP contribution in [0.4, 0.5) is 30.7 Å². The van der Waals surface area contributed by atoms with Crippen LogP contribution in [-0.2, 0) is 19.3 Å². The van der Waals surface area contributed by atoms with E-state index in [4.69, 9.17) is 0 Å². The highest BCUT2D eigenvalue weighted by molar-refractivity contribution is 5.84. The van der Waals surface area contributed by atoms with Gasteiger partial charge in [-0.2, -0.15) is 0 Å². The summed E-state index contributed by atoms with van der Waals surface area (Å²) in [6.45, 7) is 1.90. The molecule has 0 nitrogen and oxygen atoms in total. The third-order valence-electron chi connectivity index (χ3n) is 5.81. The molecule has 7 heteroatoms. The topological polar surface area (TPSA) is 0 Å². The molecule has 0 aliphatic rings. The van der Waals surface area contributed by atoms with Crippen molar-refractivity contribution in [2.45, 2.75) is 32.6 Å². The molecule has 184 valence electrons. The van der Waals surface area contributed by atoms with Crippen molar-refractivity contribution in [1.82, 2.24) is 0 Å². The third kappa shape index (κ3) is 5.23. The molecule has 36 heavy (non-hydrogen) atoms. The van der Waals surface area contributed by atoms with Gasteiger partial charge in [-0.15, -0.1) is 0 Å². The molecule has 0 aliphatic heterocycles. The third-order valence-corrected chi connectivity index (χ3v) is 5.81. The van der Waals surface area contributed by atoms with Crippen molar-refractivity contribution in [2.24, 2.45) is 0 Å². The lowest BCUT2D eigenvalue weighted by molar-refractivity contribution is 0.453. The van der Waals surface area contributed by atoms with Gasteiger partial charge < -0.3 is 0 Å². The summed E-state index contributed by atoms with van der Waals surface area (Å²) < 4.78 is 98.6. The normalized spacial score (nSPS) is 11.0. The van der Waals surface area contributed by atoms with E-state index in [2.05, 4.69) is 11.8 Å². The van der Waals surface area contributed by atoms with Crippen LogP contribution >= 0.6 is 0 Å². The Bertz CT molecular complexity index is 1480. The summed E-state index contributed by atoms with van der Waals surface area (Å²) in [5.74, 6) is -2.72. The lowest BCUT2D eigenvalue weighted by Crippen LogP contribution is -2.02. The van der Waals surface area contributed by atoms with Crippen LogP contribution in [0.5, 0.6) is 0 Å². The monoisotopic (exact) mass is 500 g/mol. The van der Waals surface area contributed by atoms with E-state index in [1.165, 1.54) is 30.3 Å². The first kappa shape index (κ1) is 25.3. The summed E-state index contributed by atoms with van der Waals surface area (Å²) in [7, 11) is 0. The fourth-order valence-corrected chi connectivity index (χ4v) is 4.00. The van der Waals surface area contributed by atoms with Crippen LogP contribution in [0.2, 0.25) is 0 Å². The quantitative estimate of drug-likeness (QED) is 0.148. The molecule has 0 N–H and O–H groups in total. The van der Waals surface area contributed by atoms with Gasteiger partial charge in [0, 0.05) is 16.5 Å². The van der Waals surface area contributed by atoms with Crippen molar-refractivity contribution < 1.29 is 30.7 Å². The first-order valence-electron chi connectivity index (χ1n) is 11.2. The minimum absolute atomic E-state index is 0.000868. The predicted octanol–water partition coefficient (Wildman–Crippen LogP) is 7.95. The van der Waals surface area contributed by atoms with Crippen molar-refractivity contribution in [3.63, 3.8) is 0 Å². The zero-order valence-corrected chi connectivity index (χ0v) is 19.1. The Morgan fingerprint density at radius 3 is 1.83 bits per heavy atom. The fraction of sp³-hybridized carbons (Fsp3) is 0.172. The number of halogens is 7. The van der Waals surface area contributed by atoms with Crippen LogP contribution in [0.25, 0.3) is 10.8 Å². The van der Waals surface area contributed by atoms with Gasteiger partial charge in [0.2, 0.25) is 0 Å². The number of hydrogen-bond donors (Lipinski definition) is 0. The Balaban J connectivity index is 1.55. The van der Waals surface area contributed by atoms with Crippen molar-refractivity contribution in [1.29, 1.82) is 0 Å². The molecule has 4 aromatic rings. The van der Waals surface area contributed by atoms with Gasteiger partial charge in [-0.05, 0) is 78.2 Å². The largest absolute Gasteiger partial charge is 0.207 e. The van der Waals surface area contributed by atoms with Gasteiger partial charge in [-0.3, -0.25) is 0 Å². The van der Waals surface area contributed by atoms with E-state index in [1.54, 1.807) is 0 Å². The van der Waals surface area contributed by atoms with Crippen molar-refractivity contribution in [2.75, 3.05) is 0 Å². The van der Waals surface area contributed by atoms with Crippen LogP contribution in [0, 0.1) is 52.6 Å². The zero-order chi connectivity index (χ0) is 26.0. The number of rotatable bonds is 5. The van der Waals surface area contributed by atoms with Gasteiger partial charge in [-0.1, -0.05) is 31.3 Å². The molecule has 0 fully saturated rings. The molecule has 0 atom stereocenters. The smallest absolute Gasteiger partial charge is 0.195 e. The maximum Gasteiger partial charge on any atom is 0.195 e. The molecule has 0 bridgehead atoms. The van der Waals surface area contributed by atoms with Crippen LogP contribution in [0.1, 0.15) is 41.2 Å². The fourth-order valence-electron chi connectivity index (χ4n) is 4.00. The molecule has 4 aromatic carbocycles. The number of hydrogen-bond acceptors (Lipinski definition) is 0. The second kappa shape index (κ2) is 10.4. The maximum atomic E-state index is 14.6. The van der Waals surface area contributed by atoms with E-state index < -0.39 is 46.3 Å². The van der Waals surface area contributed by atoms with E-state index in [-0.39, 0.29) is 40.3 Å². The van der Waals surface area contributed by atoms with Crippen LogP contribution < -0.4 is 0 Å². The van der Waals surface area contributed by atoms with Crippen molar-refractivity contribution >= 4 is 10.8 Å². The Morgan fingerprint density at radius 2 is 1.19 bits per heavy atom. The van der Waals surface area contributed by atoms with Gasteiger partial charge in [-0.25, -0.2) is 30.7 Å². The van der Waals surface area contributed by atoms with E-state index in [1.807, 2.05) is 6.92 Å². The molecular weight excluding hydrogens is 481 g/mol. The molecule has 0 aliphatic carbocycles. The predicted molar refractivity (Wildman–Crippen MR) is 124 cm³/mol. The van der Waals surface area contributed by atoms with Crippen molar-refractivity contribution in [3.8, 4) is 11.8 Å². The molecule has 0 heterocycles. The average molecular weight is 500 g/mol. The molecule has 4 rings (SSSR count). The first-order chi connectivity index (χ1) is 17.2. The van der Waals surface area contributed by atoms with Gasteiger partial charge >= 0.3 is 0 Å². The molecule has 0 aromatic heterocycles. The lowest BCUT2D eigenvalue weighted by atomic mass is 9.99. The first-order valence-corrected chi connectivity index (χ1v) is 11.2. The van der Waals surface area contributed by atoms with E-state index in [9.17, 15) is 30.7 Å². The Labute approximate surface area is 203 Å². The average Bonchev–Trinajstić information content (AvgIpc) is 2.81. The molecule has 0 spiro atoms. The number of fused-ring (bicyclic) bond motifs is 1. The summed E-state index contributed by atoms with van der Waals surface area (Å²) in [5, 5.41) is -0.120. The summed E-state index contributed by atoms with van der Waals surface area (Å²) in [6.07, 6.45) is 1.20. The molecule has 0 unspecified atom stereocenters. The number of aryl methyl sites for hydroxylation is 2. The highest BCUT2D eigenvalue weighted by Gasteiger charge is 2.15. The molecule has 0 amide bonds. The highest BCUT2D eigenvalue weighted by Crippen LogP contribution is 2.24. The summed E-state index contributed by atoms with van der Waals surface area (Å²) >= 11 is 0. The van der Waals surface area contributed by atoms with E-state index >= 15 is 0 Å². The molecule has 0 saturated heterocycles. The minimum Gasteiger partial charge on any atom is -0.207 e. The van der Waals surface area contributed by atoms with Crippen LogP contribution in [-0.4, -0.2) is 0 Å². The minimum atomic E-state index is -1.59. The standard InChI is InChI=1S/C29H19F7/c1-2-3-17-11-23(30)22(24(31)12-17)9-6-18-13-25(32)21(26(33)14-18)8-5-16-4-7-20-19(10-16)15-27(34)29(36)28(20)35/h4,7,10-15H,2-3,6,9H2,1H3. The summed E-state index contributed by atoms with van der Waals surface area (Å²) in [6, 6.07) is 9.21. The highest BCUT2D eigenvalue weighted by atomic mass is 19.2. The van der Waals surface area contributed by atoms with Gasteiger partial charge in [0.05, 0.1) is 5.56 Å². The van der Waals surface area contributed by atoms with E-state index in [0.29, 0.717) is 12.0 Å². The van der Waals surface area contributed by atoms with Gasteiger partial charge in [0.25, 0.3) is 0 Å². The Kier molecular flexibility index (Phi) is 7.35. The Hall–Kier alpha value is -3.79. The molecule has 0 saturated carbocycles. The maximum absolute atomic E-state index is 14.6. The van der Waals surface area contributed by atoms with Gasteiger partial charge in [0.1, 0.15) is 23.3 Å². The second-order valence-corrected chi connectivity index (χ2v) is 8.39.